The van der Waals surface area contributed by atoms with Gasteiger partial charge in [-0.25, -0.2) is 20.2 Å². The molecule has 0 aliphatic heterocycles. The molecule has 14 aromatic rings. The lowest BCUT2D eigenvalue weighted by Gasteiger charge is -2.35. The summed E-state index contributed by atoms with van der Waals surface area (Å²) in [7, 11) is 0. The van der Waals surface area contributed by atoms with Gasteiger partial charge in [-0.05, 0) is 286 Å². The summed E-state index contributed by atoms with van der Waals surface area (Å²) in [6, 6.07) is 75.1. The fourth-order valence-corrected chi connectivity index (χ4v) is 31.4. The minimum atomic E-state index is -0.777. The van der Waals surface area contributed by atoms with Crippen molar-refractivity contribution in [3.63, 3.8) is 0 Å². The number of aryl methyl sites for hydroxylation is 8. The zero-order valence-electron chi connectivity index (χ0n) is 87.1. The van der Waals surface area contributed by atoms with Crippen molar-refractivity contribution in [1.29, 1.82) is 10.5 Å². The average molecular weight is 2030 g/mol. The summed E-state index contributed by atoms with van der Waals surface area (Å²) in [5, 5.41) is 24.9. The number of thiophene rings is 6. The molecule has 0 radical (unpaired) electrons. The van der Waals surface area contributed by atoms with Crippen LogP contribution in [0.15, 0.2) is 229 Å². The fraction of sp³-hybridized carbons (Fsp3) is 0.373. The predicted molar refractivity (Wildman–Crippen MR) is 629 cm³/mol. The van der Waals surface area contributed by atoms with E-state index in [1.54, 1.807) is 22.7 Å². The molecule has 0 atom stereocenters. The number of carbonyl (C=O) groups excluding carboxylic acids is 2. The number of benzene rings is 8. The van der Waals surface area contributed by atoms with Crippen molar-refractivity contribution in [3.8, 4) is 51.2 Å². The highest BCUT2D eigenvalue weighted by atomic mass is 32.1. The molecule has 18 rings (SSSR count). The lowest BCUT2D eigenvalue weighted by molar-refractivity contribution is 0.103. The lowest BCUT2D eigenvalue weighted by atomic mass is 9.65. The van der Waals surface area contributed by atoms with Crippen LogP contribution in [0.2, 0.25) is 0 Å². The van der Waals surface area contributed by atoms with E-state index < -0.39 is 10.8 Å². The van der Waals surface area contributed by atoms with Gasteiger partial charge in [0.1, 0.15) is 0 Å². The second-order valence-corrected chi connectivity index (χ2v) is 47.8. The van der Waals surface area contributed by atoms with Crippen molar-refractivity contribution in [2.45, 2.75) is 323 Å². The monoisotopic (exact) mass is 2030 g/mol. The normalized spacial score (nSPS) is 15.0. The maximum absolute atomic E-state index is 14.8. The largest absolute Gasteiger partial charge is 0.289 e. The number of nitrogens with zero attached hydrogens (tertiary/aromatic N) is 4. The zero-order chi connectivity index (χ0) is 101. The standard InChI is InChI=1S/C134H140N4O2S6/c1-11-19-27-35-49-89-69-90(50-36-28-20-12-2)74-101(73-89)133(102-75-91(51-37-29-21-13-3)70-92(76-102)52-38-30-22-14-4)113-85-119(117-67-65-105(141-117)61-47-63-107-121(115(87-135)137-9)109-81-97-57-43-45-59-99(97)83-111(109)125(107)139)143-127(113)129-123(133)131-132(145-129)124-130(146-131)128-114(86-120(144-128)118-68-66-106(142-118)62-48-64-108-122(116(88-136)138-10)110-82-98-58-44-46-60-100(98)84-112(110)126(108)140)134(124,103-77-93(53-39-31-23-15-5)71-94(78-103)54-40-32-24-16-6)104-79-95(55-41-33-25-17-7)72-96(80-104)56-42-34-26-18-8/h43-48,57-86H,11-42,49-56H2,1-8H3/b61-47+,62-48+,107-63-,108-64-,121-115-,122-116+. The lowest BCUT2D eigenvalue weighted by Crippen LogP contribution is -2.30. The number of Topliss-reactive ketones (excluding diaryl/α,β-unsaturated/α-hetero) is 2. The SMILES string of the molecule is [C-]#[N+]\C(C#N)=C1/C(=C/C=C/c2ccc(-c3cc4c(s3)-c3sc5c6c(sc5c3C4(c3cc(CCCCCC)cc(CCCCCC)c3)c3cc(CCCCCC)cc(CCCCCC)c3)-c3sc(-c4ccc(/C=C/C=C5\C(=O)c7cc8ccccc8cc7\C5=C(\C#N)[N+]#[C-])s4)cc3C6(c3cc(CCCCCC)cc(CCCCCC)c3)c3cc(CCCCCC)cc(CCCCCC)c3)s2)C(=O)c2cc3ccccc3cc21. The summed E-state index contributed by atoms with van der Waals surface area (Å²) in [4.78, 5) is 49.5. The molecule has 4 aliphatic rings. The van der Waals surface area contributed by atoms with Gasteiger partial charge in [-0.1, -0.05) is 355 Å². The topological polar surface area (TPSA) is 90.4 Å². The van der Waals surface area contributed by atoms with Gasteiger partial charge in [0.05, 0.1) is 65.0 Å². The van der Waals surface area contributed by atoms with Gasteiger partial charge in [0.2, 0.25) is 0 Å². The quantitative estimate of drug-likeness (QED) is 0.0164. The minimum absolute atomic E-state index is 0.0853. The van der Waals surface area contributed by atoms with E-state index in [4.69, 9.17) is 13.1 Å². The highest BCUT2D eigenvalue weighted by Gasteiger charge is 2.56. The van der Waals surface area contributed by atoms with E-state index in [9.17, 15) is 20.1 Å². The molecule has 0 saturated heterocycles. The number of hydrogen-bond acceptors (Lipinski definition) is 10. The van der Waals surface area contributed by atoms with Crippen molar-refractivity contribution >= 4 is 134 Å². The molecule has 0 spiro atoms. The molecule has 0 saturated carbocycles. The van der Waals surface area contributed by atoms with Crippen molar-refractivity contribution in [2.24, 2.45) is 0 Å². The van der Waals surface area contributed by atoms with Crippen LogP contribution in [0, 0.1) is 35.8 Å². The molecule has 12 heteroatoms. The van der Waals surface area contributed by atoms with Crippen LogP contribution in [0.5, 0.6) is 0 Å². The summed E-state index contributed by atoms with van der Waals surface area (Å²) in [6.45, 7) is 35.2. The van der Waals surface area contributed by atoms with Crippen LogP contribution in [-0.4, -0.2) is 11.6 Å². The van der Waals surface area contributed by atoms with E-state index in [0.717, 1.165) is 134 Å². The number of hydrogen-bond donors (Lipinski definition) is 0. The maximum atomic E-state index is 14.8. The Labute approximate surface area is 893 Å². The summed E-state index contributed by atoms with van der Waals surface area (Å²) < 4.78 is 2.84. The van der Waals surface area contributed by atoms with E-state index in [1.165, 1.54) is 292 Å². The molecule has 6 heterocycles. The molecule has 0 unspecified atom stereocenters. The average Bonchev–Trinajstić information content (AvgIpc) is 1.48. The highest BCUT2D eigenvalue weighted by molar-refractivity contribution is 7.35. The van der Waals surface area contributed by atoms with Gasteiger partial charge in [0, 0.05) is 73.8 Å². The molecule has 0 bridgehead atoms. The van der Waals surface area contributed by atoms with Crippen LogP contribution >= 0.6 is 68.0 Å². The third-order valence-electron chi connectivity index (χ3n) is 31.0. The molecular formula is C134H140N4O2S6. The number of ketones is 2. The second-order valence-electron chi connectivity index (χ2n) is 41.4. The van der Waals surface area contributed by atoms with Crippen LogP contribution < -0.4 is 0 Å². The van der Waals surface area contributed by atoms with Gasteiger partial charge in [-0.2, -0.15) is 0 Å². The van der Waals surface area contributed by atoms with Gasteiger partial charge in [0.15, 0.2) is 11.6 Å². The van der Waals surface area contributed by atoms with E-state index in [0.29, 0.717) is 44.5 Å². The Balaban J connectivity index is 0.912. The smallest absolute Gasteiger partial charge is 0.270 e. The van der Waals surface area contributed by atoms with Crippen LogP contribution in [-0.2, 0) is 62.2 Å². The number of rotatable bonds is 50. The van der Waals surface area contributed by atoms with Gasteiger partial charge >= 0.3 is 0 Å². The van der Waals surface area contributed by atoms with E-state index in [2.05, 4.69) is 221 Å². The fourth-order valence-electron chi connectivity index (χ4n) is 23.6. The third kappa shape index (κ3) is 21.8. The zero-order valence-corrected chi connectivity index (χ0v) is 92.0. The maximum Gasteiger partial charge on any atom is 0.270 e. The summed E-state index contributed by atoms with van der Waals surface area (Å²) in [5.41, 5.74) is 25.0. The van der Waals surface area contributed by atoms with Crippen molar-refractivity contribution in [1.82, 2.24) is 0 Å². The Bertz CT molecular complexity index is 6810. The summed E-state index contributed by atoms with van der Waals surface area (Å²) >= 11 is 11.8. The van der Waals surface area contributed by atoms with Gasteiger partial charge in [-0.3, -0.25) is 9.59 Å². The van der Waals surface area contributed by atoms with E-state index in [-0.39, 0.29) is 23.0 Å². The molecule has 6 aromatic heterocycles. The Morgan fingerprint density at radius 2 is 0.568 bits per heavy atom. The molecule has 8 aromatic carbocycles. The first-order valence-corrected chi connectivity index (χ1v) is 60.2. The second kappa shape index (κ2) is 49.1. The van der Waals surface area contributed by atoms with Crippen LogP contribution in [0.1, 0.15) is 391 Å². The third-order valence-corrected chi connectivity index (χ3v) is 38.6. The Hall–Kier alpha value is -11.5. The van der Waals surface area contributed by atoms with E-state index in [1.807, 2.05) is 120 Å². The molecular weight excluding hydrogens is 1890 g/mol. The van der Waals surface area contributed by atoms with Crippen molar-refractivity contribution in [3.05, 3.63) is 373 Å². The van der Waals surface area contributed by atoms with E-state index >= 15 is 0 Å². The summed E-state index contributed by atoms with van der Waals surface area (Å²) in [5.74, 6) is -0.359. The number of nitriles is 2. The number of allylic oxidation sites excluding steroid dienone is 10. The van der Waals surface area contributed by atoms with Crippen molar-refractivity contribution in [2.75, 3.05) is 0 Å². The molecule has 0 fully saturated rings. The van der Waals surface area contributed by atoms with Crippen LogP contribution in [0.25, 0.3) is 103 Å². The van der Waals surface area contributed by atoms with Gasteiger partial charge < -0.3 is 0 Å². The molecule has 744 valence electrons. The predicted octanol–water partition coefficient (Wildman–Crippen LogP) is 40.5. The molecule has 4 aliphatic carbocycles. The van der Waals surface area contributed by atoms with Crippen molar-refractivity contribution < 1.29 is 9.59 Å². The van der Waals surface area contributed by atoms with Crippen LogP contribution in [0.4, 0.5) is 0 Å². The number of fused-ring (bicyclic) bond motifs is 13. The van der Waals surface area contributed by atoms with Gasteiger partial charge in [0.25, 0.3) is 11.4 Å². The molecule has 6 nitrogen and oxygen atoms in total. The highest BCUT2D eigenvalue weighted by Crippen LogP contribution is 2.72. The molecule has 0 N–H and O–H groups in total. The first-order valence-electron chi connectivity index (χ1n) is 55.3. The molecule has 146 heavy (non-hydrogen) atoms. The Morgan fingerprint density at radius 3 is 0.822 bits per heavy atom. The Morgan fingerprint density at radius 1 is 0.301 bits per heavy atom. The number of carbonyl (C=O) groups is 2. The van der Waals surface area contributed by atoms with Gasteiger partial charge in [-0.15, -0.1) is 68.0 Å². The number of unbranched alkanes of at least 4 members (excludes halogenated alkanes) is 24. The summed E-state index contributed by atoms with van der Waals surface area (Å²) in [6.07, 6.45) is 57.9. The first-order chi connectivity index (χ1) is 71.7. The van der Waals surface area contributed by atoms with Crippen LogP contribution in [0.3, 0.4) is 0 Å². The minimum Gasteiger partial charge on any atom is -0.289 e. The Kier molecular flexibility index (Phi) is 35.1. The first kappa shape index (κ1) is 104. The molecule has 0 amide bonds.